The number of hydrogen-bond acceptors (Lipinski definition) is 6. The van der Waals surface area contributed by atoms with E-state index in [2.05, 4.69) is 12.2 Å². The molecule has 1 aliphatic carbocycles. The van der Waals surface area contributed by atoms with Crippen LogP contribution >= 0.6 is 11.3 Å². The summed E-state index contributed by atoms with van der Waals surface area (Å²) in [5.41, 5.74) is 2.27. The molecule has 176 valence electrons. The van der Waals surface area contributed by atoms with Gasteiger partial charge in [-0.05, 0) is 49.8 Å². The average Bonchev–Trinajstić information content (AvgIpc) is 3.16. The van der Waals surface area contributed by atoms with Gasteiger partial charge in [0.05, 0.1) is 18.7 Å². The van der Waals surface area contributed by atoms with Gasteiger partial charge in [0.15, 0.2) is 0 Å². The molecule has 8 heteroatoms. The lowest BCUT2D eigenvalue weighted by Gasteiger charge is -2.34. The van der Waals surface area contributed by atoms with Crippen molar-refractivity contribution in [2.75, 3.05) is 44.6 Å². The van der Waals surface area contributed by atoms with Gasteiger partial charge in [-0.2, -0.15) is 0 Å². The number of fused-ring (bicyclic) bond motifs is 1. The predicted molar refractivity (Wildman–Crippen MR) is 129 cm³/mol. The van der Waals surface area contributed by atoms with E-state index in [1.807, 2.05) is 40.1 Å². The van der Waals surface area contributed by atoms with Crippen LogP contribution in [-0.4, -0.2) is 66.9 Å². The van der Waals surface area contributed by atoms with Crippen LogP contribution in [0.15, 0.2) is 30.3 Å². The highest BCUT2D eigenvalue weighted by molar-refractivity contribution is 7.17. The fraction of sp³-hybridized carbons (Fsp3) is 0.480. The number of amides is 2. The monoisotopic (exact) mass is 469 g/mol. The molecule has 0 saturated carbocycles. The molecule has 4 rings (SSSR count). The number of benzene rings is 1. The number of carbonyl (C=O) groups excluding carboxylic acids is 3. The summed E-state index contributed by atoms with van der Waals surface area (Å²) in [6.45, 7) is 6.98. The Morgan fingerprint density at radius 2 is 1.85 bits per heavy atom. The standard InChI is InChI=1S/C25H31N3O4S/c1-3-32-25(31)22-19-10-9-17(2)15-20(19)33-23(22)26-21(29)16-27-11-13-28(14-12-27)24(30)18-7-5-4-6-8-18/h4-8,17H,3,9-16H2,1-2H3,(H,26,29)/t17-/m1/s1. The zero-order valence-electron chi connectivity index (χ0n) is 19.3. The van der Waals surface area contributed by atoms with Crippen LogP contribution in [0.3, 0.4) is 0 Å². The first-order chi connectivity index (χ1) is 16.0. The third-order valence-corrected chi connectivity index (χ3v) is 7.46. The molecular formula is C25H31N3O4S. The summed E-state index contributed by atoms with van der Waals surface area (Å²) in [5.74, 6) is 0.102. The van der Waals surface area contributed by atoms with E-state index in [1.54, 1.807) is 6.92 Å². The van der Waals surface area contributed by atoms with Crippen LogP contribution in [0, 0.1) is 5.92 Å². The number of nitrogens with one attached hydrogen (secondary N) is 1. The summed E-state index contributed by atoms with van der Waals surface area (Å²) < 4.78 is 5.29. The number of rotatable bonds is 6. The average molecular weight is 470 g/mol. The van der Waals surface area contributed by atoms with Gasteiger partial charge in [0.1, 0.15) is 5.00 Å². The first kappa shape index (κ1) is 23.4. The van der Waals surface area contributed by atoms with Gasteiger partial charge in [-0.25, -0.2) is 4.79 Å². The van der Waals surface area contributed by atoms with E-state index >= 15 is 0 Å². The molecule has 1 aromatic carbocycles. The van der Waals surface area contributed by atoms with E-state index in [0.29, 0.717) is 54.8 Å². The van der Waals surface area contributed by atoms with Crippen LogP contribution in [0.5, 0.6) is 0 Å². The third kappa shape index (κ3) is 5.45. The van der Waals surface area contributed by atoms with Crippen molar-refractivity contribution in [1.29, 1.82) is 0 Å². The van der Waals surface area contributed by atoms with Gasteiger partial charge in [-0.3, -0.25) is 14.5 Å². The quantitative estimate of drug-likeness (QED) is 0.656. The second kappa shape index (κ2) is 10.5. The SMILES string of the molecule is CCOC(=O)c1c(NC(=O)CN2CCN(C(=O)c3ccccc3)CC2)sc2c1CC[C@@H](C)C2. The number of ether oxygens (including phenoxy) is 1. The van der Waals surface area contributed by atoms with Crippen LogP contribution in [0.2, 0.25) is 0 Å². The van der Waals surface area contributed by atoms with E-state index in [9.17, 15) is 14.4 Å². The number of piperazine rings is 1. The van der Waals surface area contributed by atoms with Crippen LogP contribution in [0.25, 0.3) is 0 Å². The molecule has 1 aliphatic heterocycles. The second-order valence-electron chi connectivity index (χ2n) is 8.76. The first-order valence-electron chi connectivity index (χ1n) is 11.6. The number of carbonyl (C=O) groups is 3. The number of thiophene rings is 1. The van der Waals surface area contributed by atoms with Crippen molar-refractivity contribution in [2.45, 2.75) is 33.1 Å². The molecule has 1 N–H and O–H groups in total. The number of nitrogens with zero attached hydrogens (tertiary/aromatic N) is 2. The topological polar surface area (TPSA) is 79.0 Å². The summed E-state index contributed by atoms with van der Waals surface area (Å²) >= 11 is 1.51. The maximum Gasteiger partial charge on any atom is 0.341 e. The fourth-order valence-electron chi connectivity index (χ4n) is 4.50. The molecule has 2 amide bonds. The van der Waals surface area contributed by atoms with Gasteiger partial charge in [0, 0.05) is 36.6 Å². The zero-order valence-corrected chi connectivity index (χ0v) is 20.1. The summed E-state index contributed by atoms with van der Waals surface area (Å²) in [5, 5.41) is 3.59. The summed E-state index contributed by atoms with van der Waals surface area (Å²) in [6, 6.07) is 9.27. The van der Waals surface area contributed by atoms with E-state index in [4.69, 9.17) is 4.74 Å². The van der Waals surface area contributed by atoms with Gasteiger partial charge in [0.2, 0.25) is 5.91 Å². The lowest BCUT2D eigenvalue weighted by molar-refractivity contribution is -0.117. The summed E-state index contributed by atoms with van der Waals surface area (Å²) in [4.78, 5) is 43.2. The largest absolute Gasteiger partial charge is 0.462 e. The van der Waals surface area contributed by atoms with Gasteiger partial charge in [-0.1, -0.05) is 25.1 Å². The molecule has 2 aromatic rings. The number of hydrogen-bond donors (Lipinski definition) is 1. The van der Waals surface area contributed by atoms with Crippen LogP contribution in [0.1, 0.15) is 51.4 Å². The highest BCUT2D eigenvalue weighted by Gasteiger charge is 2.30. The van der Waals surface area contributed by atoms with Gasteiger partial charge in [0.25, 0.3) is 5.91 Å². The van der Waals surface area contributed by atoms with E-state index in [0.717, 1.165) is 24.8 Å². The molecular weight excluding hydrogens is 438 g/mol. The van der Waals surface area contributed by atoms with Gasteiger partial charge in [-0.15, -0.1) is 11.3 Å². The van der Waals surface area contributed by atoms with E-state index < -0.39 is 0 Å². The van der Waals surface area contributed by atoms with Crippen molar-refractivity contribution in [1.82, 2.24) is 9.80 Å². The molecule has 1 aromatic heterocycles. The predicted octanol–water partition coefficient (Wildman–Crippen LogP) is 3.45. The van der Waals surface area contributed by atoms with Crippen molar-refractivity contribution in [3.63, 3.8) is 0 Å². The molecule has 1 atom stereocenters. The number of anilines is 1. The Hall–Kier alpha value is -2.71. The molecule has 33 heavy (non-hydrogen) atoms. The molecule has 0 unspecified atom stereocenters. The number of esters is 1. The van der Waals surface area contributed by atoms with E-state index in [-0.39, 0.29) is 24.3 Å². The summed E-state index contributed by atoms with van der Waals surface area (Å²) in [6.07, 6.45) is 2.81. The maximum atomic E-state index is 12.8. The minimum Gasteiger partial charge on any atom is -0.462 e. The Labute approximate surface area is 198 Å². The Balaban J connectivity index is 1.37. The smallest absolute Gasteiger partial charge is 0.341 e. The Bertz CT molecular complexity index is 1010. The van der Waals surface area contributed by atoms with Crippen molar-refractivity contribution in [3.8, 4) is 0 Å². The molecule has 7 nitrogen and oxygen atoms in total. The normalized spacial score (nSPS) is 18.5. The lowest BCUT2D eigenvalue weighted by atomic mass is 9.88. The molecule has 0 radical (unpaired) electrons. The second-order valence-corrected chi connectivity index (χ2v) is 9.86. The van der Waals surface area contributed by atoms with Gasteiger partial charge < -0.3 is 15.0 Å². The Morgan fingerprint density at radius 3 is 2.55 bits per heavy atom. The lowest BCUT2D eigenvalue weighted by Crippen LogP contribution is -2.50. The Morgan fingerprint density at radius 1 is 1.12 bits per heavy atom. The fourth-order valence-corrected chi connectivity index (χ4v) is 5.91. The minimum absolute atomic E-state index is 0.0252. The molecule has 2 heterocycles. The minimum atomic E-state index is -0.354. The van der Waals surface area contributed by atoms with Crippen molar-refractivity contribution >= 4 is 34.1 Å². The van der Waals surface area contributed by atoms with Crippen molar-refractivity contribution < 1.29 is 19.1 Å². The zero-order chi connectivity index (χ0) is 23.4. The van der Waals surface area contributed by atoms with Crippen molar-refractivity contribution in [3.05, 3.63) is 51.9 Å². The van der Waals surface area contributed by atoms with Crippen LogP contribution in [0.4, 0.5) is 5.00 Å². The highest BCUT2D eigenvalue weighted by Crippen LogP contribution is 2.40. The van der Waals surface area contributed by atoms with E-state index in [1.165, 1.54) is 16.2 Å². The maximum absolute atomic E-state index is 12.8. The molecule has 2 aliphatic rings. The first-order valence-corrected chi connectivity index (χ1v) is 12.5. The molecule has 0 spiro atoms. The third-order valence-electron chi connectivity index (χ3n) is 6.29. The van der Waals surface area contributed by atoms with Crippen LogP contribution in [-0.2, 0) is 22.4 Å². The van der Waals surface area contributed by atoms with Crippen molar-refractivity contribution in [2.24, 2.45) is 5.92 Å². The molecule has 1 saturated heterocycles. The Kier molecular flexibility index (Phi) is 7.45. The van der Waals surface area contributed by atoms with Crippen LogP contribution < -0.4 is 5.32 Å². The highest BCUT2D eigenvalue weighted by atomic mass is 32.1. The van der Waals surface area contributed by atoms with Gasteiger partial charge >= 0.3 is 5.97 Å². The molecule has 0 bridgehead atoms. The summed E-state index contributed by atoms with van der Waals surface area (Å²) in [7, 11) is 0. The molecule has 1 fully saturated rings.